The molecule has 0 saturated carbocycles. The normalized spacial score (nSPS) is 8.75. The van der Waals surface area contributed by atoms with E-state index in [1.165, 1.54) is 0 Å². The van der Waals surface area contributed by atoms with Gasteiger partial charge in [-0.2, -0.15) is 0 Å². The quantitative estimate of drug-likeness (QED) is 0.524. The van der Waals surface area contributed by atoms with E-state index in [9.17, 15) is 9.59 Å². The molecule has 0 aromatic rings. The van der Waals surface area contributed by atoms with Crippen LogP contribution >= 0.6 is 0 Å². The van der Waals surface area contributed by atoms with E-state index in [4.69, 9.17) is 10.5 Å². The van der Waals surface area contributed by atoms with Crippen molar-refractivity contribution in [1.82, 2.24) is 0 Å². The fourth-order valence-electron chi connectivity index (χ4n) is 0.480. The van der Waals surface area contributed by atoms with E-state index in [0.717, 1.165) is 6.08 Å². The highest BCUT2D eigenvalue weighted by molar-refractivity contribution is 5.88. The Labute approximate surface area is 96.1 Å². The third-order valence-electron chi connectivity index (χ3n) is 1.51. The number of primary amides is 1. The molecule has 0 unspecified atom stereocenters. The Kier molecular flexibility index (Phi) is 10.4. The molecule has 0 aliphatic heterocycles. The minimum atomic E-state index is -0.481. The Morgan fingerprint density at radius 1 is 1.44 bits per heavy atom. The van der Waals surface area contributed by atoms with E-state index in [-0.39, 0.29) is 18.5 Å². The number of ether oxygens (including phenoxy) is 1. The van der Waals surface area contributed by atoms with Crippen LogP contribution in [0, 0.1) is 5.92 Å². The summed E-state index contributed by atoms with van der Waals surface area (Å²) in [4.78, 5) is 20.4. The molecule has 0 saturated heterocycles. The van der Waals surface area contributed by atoms with Crippen molar-refractivity contribution in [3.8, 4) is 0 Å². The zero-order valence-electron chi connectivity index (χ0n) is 9.86. The Hall–Kier alpha value is -1.62. The summed E-state index contributed by atoms with van der Waals surface area (Å²) in [5.41, 5.74) is 10.2. The number of hydrogen-bond acceptors (Lipinski definition) is 4. The minimum Gasteiger partial charge on any atom is -0.461 e. The first-order chi connectivity index (χ1) is 7.36. The SMILES string of the molecule is C=C(C(=O)OCCN)C(C)C.C=CC(N)=O. The zero-order valence-corrected chi connectivity index (χ0v) is 9.86. The lowest BCUT2D eigenvalue weighted by molar-refractivity contribution is -0.139. The Morgan fingerprint density at radius 2 is 1.88 bits per heavy atom. The van der Waals surface area contributed by atoms with Crippen molar-refractivity contribution in [1.29, 1.82) is 0 Å². The maximum absolute atomic E-state index is 11.0. The van der Waals surface area contributed by atoms with Crippen molar-refractivity contribution in [2.24, 2.45) is 17.4 Å². The number of hydrogen-bond donors (Lipinski definition) is 2. The molecule has 0 aromatic carbocycles. The van der Waals surface area contributed by atoms with Crippen LogP contribution in [-0.2, 0) is 14.3 Å². The maximum Gasteiger partial charge on any atom is 0.333 e. The van der Waals surface area contributed by atoms with E-state index in [1.54, 1.807) is 0 Å². The first-order valence-electron chi connectivity index (χ1n) is 4.84. The summed E-state index contributed by atoms with van der Waals surface area (Å²) in [6, 6.07) is 0. The second-order valence-electron chi connectivity index (χ2n) is 3.21. The molecule has 0 fully saturated rings. The van der Waals surface area contributed by atoms with Gasteiger partial charge in [0.15, 0.2) is 0 Å². The number of nitrogens with two attached hydrogens (primary N) is 2. The van der Waals surface area contributed by atoms with E-state index >= 15 is 0 Å². The van der Waals surface area contributed by atoms with Gasteiger partial charge in [-0.1, -0.05) is 27.0 Å². The summed E-state index contributed by atoms with van der Waals surface area (Å²) < 4.78 is 4.75. The molecule has 0 aromatic heterocycles. The average Bonchev–Trinajstić information content (AvgIpc) is 2.25. The van der Waals surface area contributed by atoms with Crippen LogP contribution in [-0.4, -0.2) is 25.0 Å². The smallest absolute Gasteiger partial charge is 0.333 e. The van der Waals surface area contributed by atoms with Crippen molar-refractivity contribution in [2.45, 2.75) is 13.8 Å². The molecule has 16 heavy (non-hydrogen) atoms. The molecule has 0 rings (SSSR count). The van der Waals surface area contributed by atoms with Gasteiger partial charge in [0.05, 0.1) is 0 Å². The average molecular weight is 228 g/mol. The molecule has 0 aliphatic carbocycles. The molecule has 0 bridgehead atoms. The van der Waals surface area contributed by atoms with Crippen LogP contribution in [0.4, 0.5) is 0 Å². The van der Waals surface area contributed by atoms with E-state index in [1.807, 2.05) is 13.8 Å². The van der Waals surface area contributed by atoms with Gasteiger partial charge in [0.25, 0.3) is 0 Å². The highest BCUT2D eigenvalue weighted by Gasteiger charge is 2.10. The third kappa shape index (κ3) is 10.5. The highest BCUT2D eigenvalue weighted by Crippen LogP contribution is 2.07. The highest BCUT2D eigenvalue weighted by atomic mass is 16.5. The molecule has 92 valence electrons. The molecular weight excluding hydrogens is 208 g/mol. The number of amides is 1. The first-order valence-corrected chi connectivity index (χ1v) is 4.84. The fraction of sp³-hybridized carbons (Fsp3) is 0.455. The molecule has 0 aliphatic rings. The van der Waals surface area contributed by atoms with E-state index < -0.39 is 5.91 Å². The van der Waals surface area contributed by atoms with Gasteiger partial charge in [0.2, 0.25) is 5.91 Å². The van der Waals surface area contributed by atoms with Crippen LogP contribution in [0.2, 0.25) is 0 Å². The van der Waals surface area contributed by atoms with Crippen molar-refractivity contribution in [3.63, 3.8) is 0 Å². The molecule has 5 heteroatoms. The van der Waals surface area contributed by atoms with Gasteiger partial charge in [0.1, 0.15) is 6.61 Å². The van der Waals surface area contributed by atoms with Crippen LogP contribution in [0.15, 0.2) is 24.8 Å². The van der Waals surface area contributed by atoms with Crippen molar-refractivity contribution in [3.05, 3.63) is 24.8 Å². The number of carbonyl (C=O) groups excluding carboxylic acids is 2. The molecule has 0 spiro atoms. The molecule has 0 radical (unpaired) electrons. The molecule has 1 amide bonds. The largest absolute Gasteiger partial charge is 0.461 e. The monoisotopic (exact) mass is 228 g/mol. The van der Waals surface area contributed by atoms with Gasteiger partial charge >= 0.3 is 5.97 Å². The Bertz CT molecular complexity index is 260. The minimum absolute atomic E-state index is 0.139. The van der Waals surface area contributed by atoms with E-state index in [2.05, 4.69) is 18.9 Å². The van der Waals surface area contributed by atoms with Crippen LogP contribution in [0.5, 0.6) is 0 Å². The molecule has 4 N–H and O–H groups in total. The van der Waals surface area contributed by atoms with Crippen LogP contribution in [0.3, 0.4) is 0 Å². The number of carbonyl (C=O) groups is 2. The van der Waals surface area contributed by atoms with Gasteiger partial charge in [-0.25, -0.2) is 4.79 Å². The number of rotatable bonds is 5. The summed E-state index contributed by atoms with van der Waals surface area (Å²) >= 11 is 0. The van der Waals surface area contributed by atoms with Crippen LogP contribution in [0.1, 0.15) is 13.8 Å². The molecule has 5 nitrogen and oxygen atoms in total. The van der Waals surface area contributed by atoms with Crippen molar-refractivity contribution in [2.75, 3.05) is 13.2 Å². The Morgan fingerprint density at radius 3 is 2.12 bits per heavy atom. The first kappa shape index (κ1) is 16.8. The van der Waals surface area contributed by atoms with E-state index in [0.29, 0.717) is 12.1 Å². The predicted molar refractivity (Wildman–Crippen MR) is 63.4 cm³/mol. The summed E-state index contributed by atoms with van der Waals surface area (Å²) in [7, 11) is 0. The summed E-state index contributed by atoms with van der Waals surface area (Å²) in [5, 5.41) is 0. The summed E-state index contributed by atoms with van der Waals surface area (Å²) in [5.74, 6) is -0.685. The predicted octanol–water partition coefficient (Wildman–Crippen LogP) is 0.358. The van der Waals surface area contributed by atoms with Gasteiger partial charge < -0.3 is 16.2 Å². The molecular formula is C11H20N2O3. The summed E-state index contributed by atoms with van der Waals surface area (Å²) in [6.07, 6.45) is 1.06. The van der Waals surface area contributed by atoms with Crippen molar-refractivity contribution >= 4 is 11.9 Å². The standard InChI is InChI=1S/C8H15NO2.C3H5NO/c1-6(2)7(3)8(10)11-5-4-9;1-2-3(4)5/h6H,3-5,9H2,1-2H3;2H,1H2,(H2,4,5). The maximum atomic E-state index is 11.0. The van der Waals surface area contributed by atoms with Crippen LogP contribution < -0.4 is 11.5 Å². The van der Waals surface area contributed by atoms with Crippen LogP contribution in [0.25, 0.3) is 0 Å². The lowest BCUT2D eigenvalue weighted by Crippen LogP contribution is -2.16. The lowest BCUT2D eigenvalue weighted by atomic mass is 10.1. The topological polar surface area (TPSA) is 95.4 Å². The second-order valence-corrected chi connectivity index (χ2v) is 3.21. The Balaban J connectivity index is 0. The number of esters is 1. The van der Waals surface area contributed by atoms with Gasteiger partial charge in [-0.3, -0.25) is 4.79 Å². The van der Waals surface area contributed by atoms with Gasteiger partial charge in [-0.15, -0.1) is 0 Å². The van der Waals surface area contributed by atoms with Crippen molar-refractivity contribution < 1.29 is 14.3 Å². The third-order valence-corrected chi connectivity index (χ3v) is 1.51. The second kappa shape index (κ2) is 9.92. The zero-order chi connectivity index (χ0) is 13.1. The fourth-order valence-corrected chi connectivity index (χ4v) is 0.480. The van der Waals surface area contributed by atoms with Gasteiger partial charge in [0, 0.05) is 12.1 Å². The van der Waals surface area contributed by atoms with Gasteiger partial charge in [-0.05, 0) is 12.0 Å². The lowest BCUT2D eigenvalue weighted by Gasteiger charge is -2.07. The summed E-state index contributed by atoms with van der Waals surface area (Å²) in [6.45, 7) is 11.1. The molecule has 0 heterocycles. The molecule has 0 atom stereocenters.